The molecule has 8 heteroatoms. The summed E-state index contributed by atoms with van der Waals surface area (Å²) >= 11 is 0. The summed E-state index contributed by atoms with van der Waals surface area (Å²) < 4.78 is 0. The topological polar surface area (TPSA) is 116 Å². The number of nitrogens with one attached hydrogen (secondary N) is 4. The van der Waals surface area contributed by atoms with Crippen LogP contribution in [0.2, 0.25) is 0 Å². The van der Waals surface area contributed by atoms with E-state index in [-0.39, 0.29) is 57.0 Å². The summed E-state index contributed by atoms with van der Waals surface area (Å²) in [5, 5.41) is 11.6. The van der Waals surface area contributed by atoms with Gasteiger partial charge in [-0.1, -0.05) is 38.1 Å². The van der Waals surface area contributed by atoms with Crippen molar-refractivity contribution >= 4 is 34.8 Å². The summed E-state index contributed by atoms with van der Waals surface area (Å²) in [7, 11) is 0. The van der Waals surface area contributed by atoms with Crippen LogP contribution in [0.25, 0.3) is 0 Å². The van der Waals surface area contributed by atoms with Crippen molar-refractivity contribution in [2.24, 2.45) is 0 Å². The lowest BCUT2D eigenvalue weighted by atomic mass is 9.82. The van der Waals surface area contributed by atoms with Crippen LogP contribution in [0.5, 0.6) is 0 Å². The summed E-state index contributed by atoms with van der Waals surface area (Å²) in [6.07, 6.45) is 0. The second-order valence-corrected chi connectivity index (χ2v) is 7.65. The van der Waals surface area contributed by atoms with Crippen molar-refractivity contribution in [2.45, 2.75) is 39.8 Å². The summed E-state index contributed by atoms with van der Waals surface area (Å²) in [5.74, 6) is -1.36. The second-order valence-electron chi connectivity index (χ2n) is 7.65. The number of amides is 2. The van der Waals surface area contributed by atoms with Crippen LogP contribution in [-0.2, 0) is 9.59 Å². The van der Waals surface area contributed by atoms with Crippen LogP contribution >= 0.6 is 0 Å². The number of carbonyl (C=O) groups excluding carboxylic acids is 4. The molecule has 0 aliphatic heterocycles. The van der Waals surface area contributed by atoms with E-state index in [2.05, 4.69) is 21.3 Å². The van der Waals surface area contributed by atoms with E-state index >= 15 is 0 Å². The summed E-state index contributed by atoms with van der Waals surface area (Å²) in [6, 6.07) is 8.65. The third-order valence-electron chi connectivity index (χ3n) is 5.40. The standard InChI is InChI=1S/C24H28N4O4/c1-5-25-13(3)23(31)27-17-11-7-9-15-19(17)21(29)16-10-8-12-18(20(16)22(15)30)28-24(32)14(4)26-6-2/h7-14,25-26H,5-6H2,1-4H3,(H,27,31)(H,28,32). The maximum Gasteiger partial charge on any atom is 0.241 e. The molecule has 0 heterocycles. The van der Waals surface area contributed by atoms with Crippen LogP contribution in [-0.4, -0.2) is 48.6 Å². The highest BCUT2D eigenvalue weighted by molar-refractivity contribution is 6.32. The Balaban J connectivity index is 1.99. The molecule has 0 bridgehead atoms. The van der Waals surface area contributed by atoms with E-state index < -0.39 is 12.1 Å². The van der Waals surface area contributed by atoms with Crippen molar-refractivity contribution in [2.75, 3.05) is 23.7 Å². The minimum atomic E-state index is -0.460. The largest absolute Gasteiger partial charge is 0.324 e. The van der Waals surface area contributed by atoms with Gasteiger partial charge in [-0.3, -0.25) is 19.2 Å². The van der Waals surface area contributed by atoms with Crippen LogP contribution in [0.15, 0.2) is 36.4 Å². The number of likely N-dealkylation sites (N-methyl/N-ethyl adjacent to an activating group) is 2. The van der Waals surface area contributed by atoms with Crippen molar-refractivity contribution < 1.29 is 19.2 Å². The van der Waals surface area contributed by atoms with Gasteiger partial charge in [0.1, 0.15) is 0 Å². The van der Waals surface area contributed by atoms with Crippen LogP contribution < -0.4 is 21.3 Å². The number of hydrogen-bond donors (Lipinski definition) is 4. The highest BCUT2D eigenvalue weighted by Crippen LogP contribution is 2.35. The lowest BCUT2D eigenvalue weighted by Crippen LogP contribution is -2.39. The Morgan fingerprint density at radius 1 is 0.719 bits per heavy atom. The SMILES string of the molecule is CCNC(C)C(=O)Nc1cccc2c1C(=O)c1cccc(NC(=O)C(C)NCC)c1C2=O. The quantitative estimate of drug-likeness (QED) is 0.431. The number of rotatable bonds is 8. The molecular weight excluding hydrogens is 408 g/mol. The zero-order valence-electron chi connectivity index (χ0n) is 18.7. The Hall–Kier alpha value is -3.36. The van der Waals surface area contributed by atoms with Gasteiger partial charge in [0.05, 0.1) is 34.6 Å². The van der Waals surface area contributed by atoms with Crippen LogP contribution in [0.3, 0.4) is 0 Å². The normalized spacial score (nSPS) is 14.2. The Morgan fingerprint density at radius 2 is 1.09 bits per heavy atom. The predicted molar refractivity (Wildman–Crippen MR) is 123 cm³/mol. The molecule has 1 aliphatic rings. The number of ketones is 2. The maximum absolute atomic E-state index is 13.4. The van der Waals surface area contributed by atoms with E-state index in [1.54, 1.807) is 50.2 Å². The van der Waals surface area contributed by atoms with Gasteiger partial charge in [-0.15, -0.1) is 0 Å². The first-order valence-electron chi connectivity index (χ1n) is 10.7. The highest BCUT2D eigenvalue weighted by atomic mass is 16.2. The molecule has 0 saturated carbocycles. The molecule has 2 aromatic carbocycles. The Bertz CT molecular complexity index is 994. The van der Waals surface area contributed by atoms with Crippen molar-refractivity contribution in [1.29, 1.82) is 0 Å². The van der Waals surface area contributed by atoms with Crippen molar-refractivity contribution in [1.82, 2.24) is 10.6 Å². The molecule has 0 radical (unpaired) electrons. The van der Waals surface area contributed by atoms with Gasteiger partial charge in [-0.05, 0) is 39.1 Å². The van der Waals surface area contributed by atoms with Crippen LogP contribution in [0, 0.1) is 0 Å². The maximum atomic E-state index is 13.4. The molecular formula is C24H28N4O4. The molecule has 32 heavy (non-hydrogen) atoms. The Kier molecular flexibility index (Phi) is 7.17. The van der Waals surface area contributed by atoms with Gasteiger partial charge in [0.15, 0.2) is 11.6 Å². The van der Waals surface area contributed by atoms with E-state index in [1.807, 2.05) is 13.8 Å². The molecule has 1 aliphatic carbocycles. The van der Waals surface area contributed by atoms with Gasteiger partial charge in [0, 0.05) is 11.1 Å². The first kappa shape index (κ1) is 23.3. The lowest BCUT2D eigenvalue weighted by molar-refractivity contribution is -0.118. The molecule has 4 N–H and O–H groups in total. The average Bonchev–Trinajstić information content (AvgIpc) is 2.77. The molecule has 2 aromatic rings. The Morgan fingerprint density at radius 3 is 1.44 bits per heavy atom. The fourth-order valence-electron chi connectivity index (χ4n) is 3.73. The monoisotopic (exact) mass is 436 g/mol. The number of fused-ring (bicyclic) bond motifs is 2. The molecule has 0 aromatic heterocycles. The van der Waals surface area contributed by atoms with Gasteiger partial charge in [0.2, 0.25) is 11.8 Å². The molecule has 2 unspecified atom stereocenters. The first-order valence-corrected chi connectivity index (χ1v) is 10.7. The smallest absolute Gasteiger partial charge is 0.241 e. The third kappa shape index (κ3) is 4.46. The van der Waals surface area contributed by atoms with Crippen LogP contribution in [0.1, 0.15) is 59.5 Å². The molecule has 8 nitrogen and oxygen atoms in total. The zero-order valence-corrected chi connectivity index (χ0v) is 18.7. The fraction of sp³-hybridized carbons (Fsp3) is 0.333. The van der Waals surface area contributed by atoms with E-state index in [9.17, 15) is 19.2 Å². The predicted octanol–water partition coefficient (Wildman–Crippen LogP) is 2.33. The second kappa shape index (κ2) is 9.84. The Labute approximate surface area is 187 Å². The van der Waals surface area contributed by atoms with Crippen LogP contribution in [0.4, 0.5) is 11.4 Å². The highest BCUT2D eigenvalue weighted by Gasteiger charge is 2.34. The first-order chi connectivity index (χ1) is 15.3. The lowest BCUT2D eigenvalue weighted by Gasteiger charge is -2.23. The van der Waals surface area contributed by atoms with E-state index in [1.165, 1.54) is 0 Å². The fourth-order valence-corrected chi connectivity index (χ4v) is 3.73. The van der Waals surface area contributed by atoms with Gasteiger partial charge < -0.3 is 21.3 Å². The molecule has 0 saturated heterocycles. The van der Waals surface area contributed by atoms with Crippen molar-refractivity contribution in [3.63, 3.8) is 0 Å². The van der Waals surface area contributed by atoms with E-state index in [0.29, 0.717) is 13.1 Å². The molecule has 3 rings (SSSR count). The minimum Gasteiger partial charge on any atom is -0.324 e. The van der Waals surface area contributed by atoms with Gasteiger partial charge in [-0.25, -0.2) is 0 Å². The zero-order chi connectivity index (χ0) is 23.4. The van der Waals surface area contributed by atoms with Gasteiger partial charge in [0.25, 0.3) is 0 Å². The van der Waals surface area contributed by atoms with Gasteiger partial charge in [-0.2, -0.15) is 0 Å². The van der Waals surface area contributed by atoms with E-state index in [4.69, 9.17) is 0 Å². The molecule has 2 amide bonds. The summed E-state index contributed by atoms with van der Waals surface area (Å²) in [5.41, 5.74) is 1.28. The van der Waals surface area contributed by atoms with E-state index in [0.717, 1.165) is 0 Å². The number of benzene rings is 2. The summed E-state index contributed by atoms with van der Waals surface area (Å²) in [6.45, 7) is 8.46. The molecule has 0 spiro atoms. The number of hydrogen-bond acceptors (Lipinski definition) is 6. The average molecular weight is 437 g/mol. The van der Waals surface area contributed by atoms with Crippen molar-refractivity contribution in [3.8, 4) is 0 Å². The minimum absolute atomic E-state index is 0.159. The van der Waals surface area contributed by atoms with Crippen molar-refractivity contribution in [3.05, 3.63) is 58.7 Å². The van der Waals surface area contributed by atoms with Gasteiger partial charge >= 0.3 is 0 Å². The molecule has 2 atom stereocenters. The number of anilines is 2. The summed E-state index contributed by atoms with van der Waals surface area (Å²) in [4.78, 5) is 51.7. The number of carbonyl (C=O) groups is 4. The molecule has 0 fully saturated rings. The molecule has 168 valence electrons. The third-order valence-corrected chi connectivity index (χ3v) is 5.40.